The number of hydrogen-bond acceptors (Lipinski definition) is 6. The van der Waals surface area contributed by atoms with Crippen molar-refractivity contribution in [1.82, 2.24) is 15.6 Å². The molecule has 2 N–H and O–H groups in total. The van der Waals surface area contributed by atoms with Gasteiger partial charge in [-0.2, -0.15) is 0 Å². The Balaban J connectivity index is 2.12. The van der Waals surface area contributed by atoms with Crippen LogP contribution in [0.25, 0.3) is 0 Å². The second-order valence-electron chi connectivity index (χ2n) is 4.89. The van der Waals surface area contributed by atoms with Crippen molar-refractivity contribution in [2.24, 2.45) is 0 Å². The van der Waals surface area contributed by atoms with Gasteiger partial charge in [0, 0.05) is 11.6 Å². The lowest BCUT2D eigenvalue weighted by Crippen LogP contribution is -2.37. The first-order valence-corrected chi connectivity index (χ1v) is 6.82. The Labute approximate surface area is 116 Å². The summed E-state index contributed by atoms with van der Waals surface area (Å²) >= 11 is 1.48. The number of thiazole rings is 1. The molecule has 0 saturated carbocycles. The zero-order chi connectivity index (χ0) is 14.3. The highest BCUT2D eigenvalue weighted by Gasteiger charge is 2.15. The van der Waals surface area contributed by atoms with Crippen molar-refractivity contribution < 1.29 is 14.3 Å². The number of hydrogen-bond donors (Lipinski definition) is 2. The van der Waals surface area contributed by atoms with Gasteiger partial charge in [-0.3, -0.25) is 14.9 Å². The molecule has 0 aromatic carbocycles. The van der Waals surface area contributed by atoms with E-state index in [9.17, 15) is 9.59 Å². The first kappa shape index (κ1) is 15.6. The smallest absolute Gasteiger partial charge is 0.320 e. The lowest BCUT2D eigenvalue weighted by molar-refractivity contribution is -0.153. The molecule has 0 bridgehead atoms. The van der Waals surface area contributed by atoms with Crippen molar-refractivity contribution in [3.63, 3.8) is 0 Å². The maximum absolute atomic E-state index is 11.5. The van der Waals surface area contributed by atoms with Crippen molar-refractivity contribution in [2.75, 3.05) is 13.1 Å². The van der Waals surface area contributed by atoms with Gasteiger partial charge in [0.05, 0.1) is 19.6 Å². The second-order valence-corrected chi connectivity index (χ2v) is 5.87. The fourth-order valence-corrected chi connectivity index (χ4v) is 1.79. The zero-order valence-electron chi connectivity index (χ0n) is 11.4. The van der Waals surface area contributed by atoms with Crippen LogP contribution in [-0.2, 0) is 20.9 Å². The van der Waals surface area contributed by atoms with E-state index in [2.05, 4.69) is 15.6 Å². The number of rotatable bonds is 6. The molecule has 0 aliphatic heterocycles. The minimum Gasteiger partial charge on any atom is -0.459 e. The summed E-state index contributed by atoms with van der Waals surface area (Å²) in [7, 11) is 0. The number of amides is 1. The van der Waals surface area contributed by atoms with Crippen LogP contribution in [0, 0.1) is 0 Å². The predicted molar refractivity (Wildman–Crippen MR) is 72.7 cm³/mol. The third-order valence-corrected chi connectivity index (χ3v) is 2.67. The molecule has 0 saturated heterocycles. The van der Waals surface area contributed by atoms with Crippen LogP contribution in [0.2, 0.25) is 0 Å². The fraction of sp³-hybridized carbons (Fsp3) is 0.583. The van der Waals surface area contributed by atoms with Gasteiger partial charge in [-0.1, -0.05) is 0 Å². The average molecular weight is 285 g/mol. The normalized spacial score (nSPS) is 11.1. The van der Waals surface area contributed by atoms with Crippen LogP contribution in [0.3, 0.4) is 0 Å². The van der Waals surface area contributed by atoms with E-state index in [4.69, 9.17) is 4.74 Å². The summed E-state index contributed by atoms with van der Waals surface area (Å²) in [5, 5.41) is 8.13. The molecule has 0 fully saturated rings. The molecule has 0 unspecified atom stereocenters. The Bertz CT molecular complexity index is 412. The molecule has 106 valence electrons. The fourth-order valence-electron chi connectivity index (χ4n) is 1.23. The van der Waals surface area contributed by atoms with Crippen molar-refractivity contribution >= 4 is 23.2 Å². The SMILES string of the molecule is CC(C)(C)OC(=O)CNCC(=O)NCc1nccs1. The second kappa shape index (κ2) is 7.20. The Hall–Kier alpha value is -1.47. The van der Waals surface area contributed by atoms with Crippen LogP contribution in [0.1, 0.15) is 25.8 Å². The molecular weight excluding hydrogens is 266 g/mol. The van der Waals surface area contributed by atoms with Gasteiger partial charge in [0.1, 0.15) is 10.6 Å². The molecule has 0 spiro atoms. The topological polar surface area (TPSA) is 80.3 Å². The van der Waals surface area contributed by atoms with Crippen molar-refractivity contribution in [3.05, 3.63) is 16.6 Å². The van der Waals surface area contributed by atoms with E-state index in [-0.39, 0.29) is 25.0 Å². The van der Waals surface area contributed by atoms with E-state index in [0.717, 1.165) is 5.01 Å². The van der Waals surface area contributed by atoms with E-state index in [1.165, 1.54) is 11.3 Å². The lowest BCUT2D eigenvalue weighted by Gasteiger charge is -2.19. The Morgan fingerprint density at radius 3 is 2.68 bits per heavy atom. The molecule has 19 heavy (non-hydrogen) atoms. The number of nitrogens with zero attached hydrogens (tertiary/aromatic N) is 1. The van der Waals surface area contributed by atoms with Crippen LogP contribution in [0.4, 0.5) is 0 Å². The van der Waals surface area contributed by atoms with Gasteiger partial charge in [0.15, 0.2) is 0 Å². The monoisotopic (exact) mass is 285 g/mol. The summed E-state index contributed by atoms with van der Waals surface area (Å²) in [4.78, 5) is 26.9. The van der Waals surface area contributed by atoms with E-state index in [1.54, 1.807) is 27.0 Å². The summed E-state index contributed by atoms with van der Waals surface area (Å²) in [6.07, 6.45) is 1.69. The van der Waals surface area contributed by atoms with E-state index in [1.807, 2.05) is 5.38 Å². The third-order valence-electron chi connectivity index (χ3n) is 1.90. The van der Waals surface area contributed by atoms with Crippen molar-refractivity contribution in [2.45, 2.75) is 32.9 Å². The largest absolute Gasteiger partial charge is 0.459 e. The molecule has 0 aliphatic rings. The molecule has 1 heterocycles. The molecule has 1 aromatic rings. The quantitative estimate of drug-likeness (QED) is 0.752. The minimum absolute atomic E-state index is 0.0158. The summed E-state index contributed by atoms with van der Waals surface area (Å²) in [6, 6.07) is 0. The van der Waals surface area contributed by atoms with Gasteiger partial charge in [-0.05, 0) is 20.8 Å². The maximum atomic E-state index is 11.5. The Morgan fingerprint density at radius 2 is 2.11 bits per heavy atom. The number of aromatic nitrogens is 1. The highest BCUT2D eigenvalue weighted by Crippen LogP contribution is 2.06. The van der Waals surface area contributed by atoms with Gasteiger partial charge in [0.25, 0.3) is 0 Å². The Kier molecular flexibility index (Phi) is 5.91. The molecule has 7 heteroatoms. The molecule has 1 rings (SSSR count). The number of carbonyl (C=O) groups is 2. The van der Waals surface area contributed by atoms with Crippen molar-refractivity contribution in [3.8, 4) is 0 Å². The van der Waals surface area contributed by atoms with E-state index >= 15 is 0 Å². The summed E-state index contributed by atoms with van der Waals surface area (Å²) in [6.45, 7) is 5.89. The van der Waals surface area contributed by atoms with Gasteiger partial charge < -0.3 is 10.1 Å². The molecular formula is C12H19N3O3S. The van der Waals surface area contributed by atoms with Gasteiger partial charge >= 0.3 is 5.97 Å². The molecule has 0 radical (unpaired) electrons. The Morgan fingerprint density at radius 1 is 1.37 bits per heavy atom. The van der Waals surface area contributed by atoms with Crippen LogP contribution in [-0.4, -0.2) is 35.6 Å². The lowest BCUT2D eigenvalue weighted by atomic mass is 10.2. The summed E-state index contributed by atoms with van der Waals surface area (Å²) < 4.78 is 5.10. The highest BCUT2D eigenvalue weighted by molar-refractivity contribution is 7.09. The zero-order valence-corrected chi connectivity index (χ0v) is 12.2. The first-order chi connectivity index (χ1) is 8.87. The minimum atomic E-state index is -0.508. The van der Waals surface area contributed by atoms with Gasteiger partial charge in [0.2, 0.25) is 5.91 Å². The molecule has 0 aliphatic carbocycles. The third kappa shape index (κ3) is 7.53. The van der Waals surface area contributed by atoms with Gasteiger partial charge in [-0.25, -0.2) is 4.98 Å². The number of esters is 1. The van der Waals surface area contributed by atoms with Crippen LogP contribution in [0.15, 0.2) is 11.6 Å². The summed E-state index contributed by atoms with van der Waals surface area (Å²) in [5.41, 5.74) is -0.508. The van der Waals surface area contributed by atoms with E-state index in [0.29, 0.717) is 6.54 Å². The van der Waals surface area contributed by atoms with Crippen LogP contribution < -0.4 is 10.6 Å². The average Bonchev–Trinajstić information content (AvgIpc) is 2.76. The molecule has 6 nitrogen and oxygen atoms in total. The van der Waals surface area contributed by atoms with Gasteiger partial charge in [-0.15, -0.1) is 11.3 Å². The van der Waals surface area contributed by atoms with Crippen molar-refractivity contribution in [1.29, 1.82) is 0 Å². The number of nitrogens with one attached hydrogen (secondary N) is 2. The number of carbonyl (C=O) groups excluding carboxylic acids is 2. The predicted octanol–water partition coefficient (Wildman–Crippen LogP) is 0.691. The molecule has 1 amide bonds. The molecule has 1 aromatic heterocycles. The molecule has 0 atom stereocenters. The standard InChI is InChI=1S/C12H19N3O3S/c1-12(2,3)18-11(17)8-13-6-9(16)15-7-10-14-4-5-19-10/h4-5,13H,6-8H2,1-3H3,(H,15,16). The van der Waals surface area contributed by atoms with Crippen LogP contribution >= 0.6 is 11.3 Å². The highest BCUT2D eigenvalue weighted by atomic mass is 32.1. The first-order valence-electron chi connectivity index (χ1n) is 5.94. The van der Waals surface area contributed by atoms with E-state index < -0.39 is 5.60 Å². The number of ether oxygens (including phenoxy) is 1. The van der Waals surface area contributed by atoms with Crippen LogP contribution in [0.5, 0.6) is 0 Å². The summed E-state index contributed by atoms with van der Waals surface area (Å²) in [5.74, 6) is -0.556. The maximum Gasteiger partial charge on any atom is 0.320 e.